The van der Waals surface area contributed by atoms with E-state index in [-0.39, 0.29) is 17.3 Å². The number of halogens is 1. The van der Waals surface area contributed by atoms with Crippen LogP contribution in [-0.2, 0) is 19.4 Å². The first-order chi connectivity index (χ1) is 19.9. The third kappa shape index (κ3) is 6.04. The zero-order valence-corrected chi connectivity index (χ0v) is 23.2. The van der Waals surface area contributed by atoms with Crippen molar-refractivity contribution in [2.75, 3.05) is 6.54 Å². The summed E-state index contributed by atoms with van der Waals surface area (Å²) in [5.74, 6) is -0.493. The lowest BCUT2D eigenvalue weighted by Gasteiger charge is -2.12. The van der Waals surface area contributed by atoms with E-state index in [1.165, 1.54) is 6.07 Å². The number of carboxylic acid groups (broad SMARTS) is 1. The molecule has 0 aliphatic rings. The Hall–Kier alpha value is -4.78. The fourth-order valence-corrected chi connectivity index (χ4v) is 5.17. The van der Waals surface area contributed by atoms with Gasteiger partial charge in [-0.15, -0.1) is 0 Å². The summed E-state index contributed by atoms with van der Waals surface area (Å²) in [4.78, 5) is 29.7. The average molecular weight is 550 g/mol. The lowest BCUT2D eigenvalue weighted by Crippen LogP contribution is -2.26. The number of hydrogen-bond donors (Lipinski definition) is 2. The molecule has 6 nitrogen and oxygen atoms in total. The Morgan fingerprint density at radius 2 is 1.68 bits per heavy atom. The molecule has 0 bridgehead atoms. The molecule has 0 atom stereocenters. The van der Waals surface area contributed by atoms with Gasteiger partial charge >= 0.3 is 5.97 Å². The predicted octanol–water partition coefficient (Wildman–Crippen LogP) is 6.82. The number of aryl methyl sites for hydroxylation is 2. The van der Waals surface area contributed by atoms with Crippen LogP contribution in [0.3, 0.4) is 0 Å². The molecule has 0 aliphatic carbocycles. The maximum Gasteiger partial charge on any atom is 0.336 e. The molecule has 0 radical (unpaired) electrons. The molecule has 0 unspecified atom stereocenters. The first-order valence-electron chi connectivity index (χ1n) is 13.8. The van der Waals surface area contributed by atoms with Crippen LogP contribution in [-0.4, -0.2) is 33.1 Å². The first-order valence-corrected chi connectivity index (χ1v) is 13.8. The molecule has 4 aromatic carbocycles. The lowest BCUT2D eigenvalue weighted by atomic mass is 9.98. The summed E-state index contributed by atoms with van der Waals surface area (Å²) in [6, 6.07) is 25.2. The van der Waals surface area contributed by atoms with Gasteiger partial charge in [-0.2, -0.15) is 0 Å². The Labute approximate surface area is 238 Å². The minimum atomic E-state index is -0.957. The summed E-state index contributed by atoms with van der Waals surface area (Å²) in [7, 11) is 0. The number of benzene rings is 4. The monoisotopic (exact) mass is 549 g/mol. The molecule has 0 spiro atoms. The smallest absolute Gasteiger partial charge is 0.336 e. The molecule has 208 valence electrons. The fraction of sp³-hybridized carbons (Fsp3) is 0.206. The van der Waals surface area contributed by atoms with E-state index in [0.717, 1.165) is 46.4 Å². The number of carbonyl (C=O) groups excluding carboxylic acids is 1. The van der Waals surface area contributed by atoms with Crippen molar-refractivity contribution in [3.8, 4) is 11.1 Å². The standard InChI is InChI=1S/C34H32FN3O3/c1-3-8-31-37-32-22(2)19-26(33(39)36-18-17-25-9-4-7-12-29(25)35)20-30(32)38(31)21-23-13-15-24(16-14-23)27-10-5-6-11-28(27)34(40)41/h4-7,9-16,19-20H,3,8,17-18,21H2,1-2H3,(H,36,39)(H,40,41). The van der Waals surface area contributed by atoms with Crippen molar-refractivity contribution in [2.45, 2.75) is 39.7 Å². The highest BCUT2D eigenvalue weighted by atomic mass is 19.1. The highest BCUT2D eigenvalue weighted by Gasteiger charge is 2.17. The van der Waals surface area contributed by atoms with Crippen LogP contribution in [0.1, 0.15) is 56.6 Å². The Bertz CT molecular complexity index is 1720. The number of fused-ring (bicyclic) bond motifs is 1. The molecule has 2 N–H and O–H groups in total. The fourth-order valence-electron chi connectivity index (χ4n) is 5.17. The zero-order chi connectivity index (χ0) is 28.9. The molecule has 1 aromatic heterocycles. The highest BCUT2D eigenvalue weighted by Crippen LogP contribution is 2.27. The quantitative estimate of drug-likeness (QED) is 0.200. The summed E-state index contributed by atoms with van der Waals surface area (Å²) in [5, 5.41) is 12.5. The SMILES string of the molecule is CCCc1nc2c(C)cc(C(=O)NCCc3ccccc3F)cc2n1Cc1ccc(-c2ccccc2C(=O)O)cc1. The van der Waals surface area contributed by atoms with Gasteiger partial charge < -0.3 is 15.0 Å². The summed E-state index contributed by atoms with van der Waals surface area (Å²) in [6.45, 7) is 4.96. The van der Waals surface area contributed by atoms with E-state index in [9.17, 15) is 19.1 Å². The van der Waals surface area contributed by atoms with Gasteiger partial charge in [0.25, 0.3) is 5.91 Å². The molecule has 5 rings (SSSR count). The van der Waals surface area contributed by atoms with Gasteiger partial charge in [0.05, 0.1) is 16.6 Å². The molecule has 0 saturated heterocycles. The molecule has 41 heavy (non-hydrogen) atoms. The van der Waals surface area contributed by atoms with Gasteiger partial charge in [0, 0.05) is 25.1 Å². The van der Waals surface area contributed by atoms with E-state index in [0.29, 0.717) is 36.2 Å². The van der Waals surface area contributed by atoms with Crippen LogP contribution in [0, 0.1) is 12.7 Å². The van der Waals surface area contributed by atoms with Gasteiger partial charge in [-0.1, -0.05) is 67.6 Å². The third-order valence-electron chi connectivity index (χ3n) is 7.26. The summed E-state index contributed by atoms with van der Waals surface area (Å²) >= 11 is 0. The Morgan fingerprint density at radius 3 is 2.41 bits per heavy atom. The maximum atomic E-state index is 14.0. The summed E-state index contributed by atoms with van der Waals surface area (Å²) in [5.41, 5.74) is 6.58. The van der Waals surface area contributed by atoms with Crippen molar-refractivity contribution >= 4 is 22.9 Å². The van der Waals surface area contributed by atoms with E-state index >= 15 is 0 Å². The highest BCUT2D eigenvalue weighted by molar-refractivity contribution is 5.98. The number of carbonyl (C=O) groups is 2. The normalized spacial score (nSPS) is 11.1. The van der Waals surface area contributed by atoms with Crippen molar-refractivity contribution < 1.29 is 19.1 Å². The number of nitrogens with one attached hydrogen (secondary N) is 1. The van der Waals surface area contributed by atoms with Crippen LogP contribution in [0.5, 0.6) is 0 Å². The van der Waals surface area contributed by atoms with E-state index in [1.54, 1.807) is 30.3 Å². The van der Waals surface area contributed by atoms with Crippen LogP contribution < -0.4 is 5.32 Å². The number of carboxylic acids is 1. The molecular weight excluding hydrogens is 517 g/mol. The van der Waals surface area contributed by atoms with Crippen LogP contribution in [0.4, 0.5) is 4.39 Å². The van der Waals surface area contributed by atoms with Crippen LogP contribution in [0.25, 0.3) is 22.2 Å². The van der Waals surface area contributed by atoms with E-state index in [1.807, 2.05) is 55.5 Å². The lowest BCUT2D eigenvalue weighted by molar-refractivity contribution is 0.0697. The molecular formula is C34H32FN3O3. The van der Waals surface area contributed by atoms with Crippen LogP contribution in [0.15, 0.2) is 84.9 Å². The number of rotatable bonds is 10. The zero-order valence-electron chi connectivity index (χ0n) is 23.2. The van der Waals surface area contributed by atoms with Gasteiger partial charge in [-0.3, -0.25) is 4.79 Å². The molecule has 0 fully saturated rings. The Morgan fingerprint density at radius 1 is 0.951 bits per heavy atom. The van der Waals surface area contributed by atoms with Crippen molar-refractivity contribution in [3.63, 3.8) is 0 Å². The number of amides is 1. The van der Waals surface area contributed by atoms with Crippen LogP contribution in [0.2, 0.25) is 0 Å². The number of nitrogens with zero attached hydrogens (tertiary/aromatic N) is 2. The van der Waals surface area contributed by atoms with E-state index < -0.39 is 5.97 Å². The van der Waals surface area contributed by atoms with Gasteiger partial charge in [0.15, 0.2) is 0 Å². The van der Waals surface area contributed by atoms with Gasteiger partial charge in [-0.05, 0) is 71.8 Å². The molecule has 5 aromatic rings. The summed E-state index contributed by atoms with van der Waals surface area (Å²) < 4.78 is 16.1. The molecule has 0 saturated carbocycles. The Kier molecular flexibility index (Phi) is 8.24. The molecule has 7 heteroatoms. The molecule has 1 heterocycles. The van der Waals surface area contributed by atoms with Crippen molar-refractivity contribution in [1.29, 1.82) is 0 Å². The molecule has 0 aliphatic heterocycles. The molecule has 1 amide bonds. The number of imidazole rings is 1. The minimum Gasteiger partial charge on any atom is -0.478 e. The minimum absolute atomic E-state index is 0.211. The first kappa shape index (κ1) is 27.8. The number of hydrogen-bond acceptors (Lipinski definition) is 3. The second kappa shape index (κ2) is 12.2. The second-order valence-corrected chi connectivity index (χ2v) is 10.2. The predicted molar refractivity (Wildman–Crippen MR) is 159 cm³/mol. The summed E-state index contributed by atoms with van der Waals surface area (Å²) in [6.07, 6.45) is 2.13. The second-order valence-electron chi connectivity index (χ2n) is 10.2. The topological polar surface area (TPSA) is 84.2 Å². The third-order valence-corrected chi connectivity index (χ3v) is 7.26. The van der Waals surface area contributed by atoms with Crippen molar-refractivity contribution in [3.05, 3.63) is 124 Å². The average Bonchev–Trinajstić information content (AvgIpc) is 3.32. The van der Waals surface area contributed by atoms with Gasteiger partial charge in [-0.25, -0.2) is 14.2 Å². The number of aromatic carboxylic acids is 1. The van der Waals surface area contributed by atoms with Gasteiger partial charge in [0.2, 0.25) is 0 Å². The number of aromatic nitrogens is 2. The maximum absolute atomic E-state index is 14.0. The Balaban J connectivity index is 1.41. The van der Waals surface area contributed by atoms with E-state index in [2.05, 4.69) is 16.8 Å². The van der Waals surface area contributed by atoms with Crippen LogP contribution >= 0.6 is 0 Å². The van der Waals surface area contributed by atoms with Crippen molar-refractivity contribution in [1.82, 2.24) is 14.9 Å². The largest absolute Gasteiger partial charge is 0.478 e. The van der Waals surface area contributed by atoms with Gasteiger partial charge in [0.1, 0.15) is 11.6 Å². The van der Waals surface area contributed by atoms with E-state index in [4.69, 9.17) is 4.98 Å². The van der Waals surface area contributed by atoms with Crippen molar-refractivity contribution in [2.24, 2.45) is 0 Å².